The fraction of sp³-hybridized carbons (Fsp3) is 0.0833. The number of H-pyrrole nitrogens is 1. The molecule has 2 nitrogen and oxygen atoms in total. The van der Waals surface area contributed by atoms with Crippen molar-refractivity contribution in [1.29, 1.82) is 0 Å². The number of pyridine rings is 1. The molecule has 0 bridgehead atoms. The zero-order valence-electron chi connectivity index (χ0n) is 7.95. The number of hydrogen-bond acceptors (Lipinski definition) is 1. The van der Waals surface area contributed by atoms with Crippen LogP contribution in [0, 0.1) is 6.92 Å². The average molecular weight is 185 g/mol. The molecule has 0 aliphatic carbocycles. The zero-order chi connectivity index (χ0) is 9.97. The molecule has 0 radical (unpaired) electrons. The first-order valence-corrected chi connectivity index (χ1v) is 4.52. The Morgan fingerprint density at radius 3 is 2.57 bits per heavy atom. The van der Waals surface area contributed by atoms with E-state index in [0.29, 0.717) is 0 Å². The number of hydrogen-bond donors (Lipinski definition) is 1. The van der Waals surface area contributed by atoms with Gasteiger partial charge in [0.05, 0.1) is 0 Å². The highest BCUT2D eigenvalue weighted by Gasteiger charge is 2.01. The molecular weight excluding hydrogens is 174 g/mol. The predicted octanol–water partition coefficient (Wildman–Crippen LogP) is 2.35. The SMILES string of the molecule is Cc1c[nH]c(=O)c(-c2ccccc2)c1. The highest BCUT2D eigenvalue weighted by molar-refractivity contribution is 5.62. The van der Waals surface area contributed by atoms with Gasteiger partial charge in [0.1, 0.15) is 0 Å². The quantitative estimate of drug-likeness (QED) is 0.726. The van der Waals surface area contributed by atoms with Gasteiger partial charge in [0.15, 0.2) is 0 Å². The van der Waals surface area contributed by atoms with E-state index in [1.165, 1.54) is 0 Å². The van der Waals surface area contributed by atoms with Crippen molar-refractivity contribution >= 4 is 0 Å². The summed E-state index contributed by atoms with van der Waals surface area (Å²) in [5.74, 6) is 0. The molecule has 0 aliphatic rings. The molecule has 14 heavy (non-hydrogen) atoms. The first-order valence-electron chi connectivity index (χ1n) is 4.52. The van der Waals surface area contributed by atoms with Crippen molar-refractivity contribution < 1.29 is 0 Å². The third-order valence-electron chi connectivity index (χ3n) is 2.13. The molecule has 0 aliphatic heterocycles. The first kappa shape index (κ1) is 8.75. The van der Waals surface area contributed by atoms with Crippen LogP contribution in [0.5, 0.6) is 0 Å². The maximum atomic E-state index is 11.5. The topological polar surface area (TPSA) is 32.9 Å². The lowest BCUT2D eigenvalue weighted by molar-refractivity contribution is 1.20. The van der Waals surface area contributed by atoms with Crippen molar-refractivity contribution in [3.05, 3.63) is 58.5 Å². The van der Waals surface area contributed by atoms with Crippen LogP contribution in [0.4, 0.5) is 0 Å². The highest BCUT2D eigenvalue weighted by Crippen LogP contribution is 2.14. The number of rotatable bonds is 1. The fourth-order valence-corrected chi connectivity index (χ4v) is 1.42. The third kappa shape index (κ3) is 1.59. The number of benzene rings is 1. The molecule has 0 saturated carbocycles. The van der Waals surface area contributed by atoms with Gasteiger partial charge in [-0.15, -0.1) is 0 Å². The van der Waals surface area contributed by atoms with Crippen molar-refractivity contribution in [2.24, 2.45) is 0 Å². The molecule has 0 amide bonds. The molecule has 0 unspecified atom stereocenters. The maximum Gasteiger partial charge on any atom is 0.255 e. The zero-order valence-corrected chi connectivity index (χ0v) is 7.95. The largest absolute Gasteiger partial charge is 0.328 e. The van der Waals surface area contributed by atoms with E-state index in [4.69, 9.17) is 0 Å². The lowest BCUT2D eigenvalue weighted by atomic mass is 10.1. The van der Waals surface area contributed by atoms with Gasteiger partial charge in [0.25, 0.3) is 5.56 Å². The second kappa shape index (κ2) is 3.50. The number of aromatic nitrogens is 1. The second-order valence-electron chi connectivity index (χ2n) is 3.29. The van der Waals surface area contributed by atoms with Crippen LogP contribution >= 0.6 is 0 Å². The van der Waals surface area contributed by atoms with Crippen LogP contribution in [0.1, 0.15) is 5.56 Å². The van der Waals surface area contributed by atoms with Crippen LogP contribution in [-0.4, -0.2) is 4.98 Å². The number of nitrogens with one attached hydrogen (secondary N) is 1. The van der Waals surface area contributed by atoms with E-state index >= 15 is 0 Å². The molecule has 1 aromatic heterocycles. The molecule has 2 heteroatoms. The molecule has 0 spiro atoms. The molecule has 2 aromatic rings. The monoisotopic (exact) mass is 185 g/mol. The van der Waals surface area contributed by atoms with E-state index < -0.39 is 0 Å². The Morgan fingerprint density at radius 1 is 1.14 bits per heavy atom. The van der Waals surface area contributed by atoms with Gasteiger partial charge in [0.2, 0.25) is 0 Å². The van der Waals surface area contributed by atoms with Gasteiger partial charge in [-0.05, 0) is 24.1 Å². The summed E-state index contributed by atoms with van der Waals surface area (Å²) in [6, 6.07) is 11.6. The van der Waals surface area contributed by atoms with Crippen molar-refractivity contribution in [2.45, 2.75) is 6.92 Å². The molecule has 0 saturated heterocycles. The average Bonchev–Trinajstić information content (AvgIpc) is 2.23. The summed E-state index contributed by atoms with van der Waals surface area (Å²) in [4.78, 5) is 14.2. The summed E-state index contributed by atoms with van der Waals surface area (Å²) in [5, 5.41) is 0. The summed E-state index contributed by atoms with van der Waals surface area (Å²) >= 11 is 0. The van der Waals surface area contributed by atoms with Crippen LogP contribution in [0.3, 0.4) is 0 Å². The lowest BCUT2D eigenvalue weighted by Crippen LogP contribution is -2.07. The summed E-state index contributed by atoms with van der Waals surface area (Å²) in [6.45, 7) is 1.96. The van der Waals surface area contributed by atoms with Crippen molar-refractivity contribution in [1.82, 2.24) is 4.98 Å². The van der Waals surface area contributed by atoms with Gasteiger partial charge in [-0.1, -0.05) is 30.3 Å². The summed E-state index contributed by atoms with van der Waals surface area (Å²) in [7, 11) is 0. The Morgan fingerprint density at radius 2 is 1.86 bits per heavy atom. The maximum absolute atomic E-state index is 11.5. The molecule has 1 aromatic carbocycles. The van der Waals surface area contributed by atoms with Crippen LogP contribution in [-0.2, 0) is 0 Å². The van der Waals surface area contributed by atoms with Gasteiger partial charge >= 0.3 is 0 Å². The Hall–Kier alpha value is -1.83. The van der Waals surface area contributed by atoms with Crippen molar-refractivity contribution in [2.75, 3.05) is 0 Å². The van der Waals surface area contributed by atoms with Gasteiger partial charge < -0.3 is 4.98 Å². The Balaban J connectivity index is 2.63. The summed E-state index contributed by atoms with van der Waals surface area (Å²) < 4.78 is 0. The van der Waals surface area contributed by atoms with Gasteiger partial charge in [-0.2, -0.15) is 0 Å². The minimum atomic E-state index is -0.0400. The standard InChI is InChI=1S/C12H11NO/c1-9-7-11(12(14)13-8-9)10-5-3-2-4-6-10/h2-8H,1H3,(H,13,14). The molecule has 2 rings (SSSR count). The van der Waals surface area contributed by atoms with Gasteiger partial charge in [0, 0.05) is 11.8 Å². The van der Waals surface area contributed by atoms with Crippen molar-refractivity contribution in [3.63, 3.8) is 0 Å². The van der Waals surface area contributed by atoms with Crippen LogP contribution in [0.2, 0.25) is 0 Å². The minimum Gasteiger partial charge on any atom is -0.328 e. The van der Waals surface area contributed by atoms with E-state index in [-0.39, 0.29) is 5.56 Å². The van der Waals surface area contributed by atoms with Crippen molar-refractivity contribution in [3.8, 4) is 11.1 Å². The molecule has 1 N–H and O–H groups in total. The predicted molar refractivity (Wildman–Crippen MR) is 57.2 cm³/mol. The minimum absolute atomic E-state index is 0.0400. The Bertz CT molecular complexity index is 485. The van der Waals surface area contributed by atoms with Crippen LogP contribution < -0.4 is 5.56 Å². The van der Waals surface area contributed by atoms with E-state index in [0.717, 1.165) is 16.7 Å². The Kier molecular flexibility index (Phi) is 2.19. The second-order valence-corrected chi connectivity index (χ2v) is 3.29. The third-order valence-corrected chi connectivity index (χ3v) is 2.13. The molecule has 0 atom stereocenters. The summed E-state index contributed by atoms with van der Waals surface area (Å²) in [5.41, 5.74) is 2.70. The van der Waals surface area contributed by atoms with E-state index in [1.807, 2.05) is 43.3 Å². The highest BCUT2D eigenvalue weighted by atomic mass is 16.1. The van der Waals surface area contributed by atoms with Gasteiger partial charge in [-0.3, -0.25) is 4.79 Å². The first-order chi connectivity index (χ1) is 6.77. The number of aryl methyl sites for hydroxylation is 1. The molecule has 0 fully saturated rings. The lowest BCUT2D eigenvalue weighted by Gasteiger charge is -2.00. The summed E-state index contributed by atoms with van der Waals surface area (Å²) in [6.07, 6.45) is 1.72. The van der Waals surface area contributed by atoms with Crippen LogP contribution in [0.15, 0.2) is 47.4 Å². The van der Waals surface area contributed by atoms with Gasteiger partial charge in [-0.25, -0.2) is 0 Å². The molecular formula is C12H11NO. The fourth-order valence-electron chi connectivity index (χ4n) is 1.42. The normalized spacial score (nSPS) is 10.1. The van der Waals surface area contributed by atoms with E-state index in [9.17, 15) is 4.79 Å². The van der Waals surface area contributed by atoms with E-state index in [2.05, 4.69) is 4.98 Å². The smallest absolute Gasteiger partial charge is 0.255 e. The molecule has 1 heterocycles. The van der Waals surface area contributed by atoms with E-state index in [1.54, 1.807) is 6.20 Å². The Labute approximate surface area is 82.2 Å². The van der Waals surface area contributed by atoms with Crippen LogP contribution in [0.25, 0.3) is 11.1 Å². The molecule has 70 valence electrons. The number of aromatic amines is 1.